The topological polar surface area (TPSA) is 12.0 Å². The highest BCUT2D eigenvalue weighted by Gasteiger charge is 2.21. The van der Waals surface area contributed by atoms with Gasteiger partial charge in [0.05, 0.1) is 11.1 Å². The van der Waals surface area contributed by atoms with Crippen molar-refractivity contribution in [2.24, 2.45) is 0 Å². The van der Waals surface area contributed by atoms with Gasteiger partial charge in [-0.2, -0.15) is 0 Å². The number of halogens is 1. The molecule has 3 heteroatoms. The van der Waals surface area contributed by atoms with Gasteiger partial charge >= 0.3 is 0 Å². The van der Waals surface area contributed by atoms with Crippen molar-refractivity contribution in [3.05, 3.63) is 68.4 Å². The molecular formula is C18H18ClNS. The monoisotopic (exact) mass is 315 g/mol. The normalized spacial score (nSPS) is 12.8. The van der Waals surface area contributed by atoms with E-state index in [2.05, 4.69) is 60.9 Å². The Hall–Kier alpha value is -1.35. The van der Waals surface area contributed by atoms with Crippen LogP contribution in [0.5, 0.6) is 0 Å². The zero-order valence-corrected chi connectivity index (χ0v) is 14.0. The predicted molar refractivity (Wildman–Crippen MR) is 93.7 cm³/mol. The SMILES string of the molecule is CNC(c1scc(C)c1Cl)c1c(C)ccc2ccccc12. The molecule has 3 rings (SSSR count). The molecule has 0 radical (unpaired) electrons. The Balaban J connectivity index is 2.26. The van der Waals surface area contributed by atoms with Crippen LogP contribution in [0, 0.1) is 13.8 Å². The van der Waals surface area contributed by atoms with Crippen molar-refractivity contribution in [2.75, 3.05) is 7.05 Å². The van der Waals surface area contributed by atoms with Gasteiger partial charge in [0, 0.05) is 4.88 Å². The fourth-order valence-electron chi connectivity index (χ4n) is 2.84. The van der Waals surface area contributed by atoms with Gasteiger partial charge in [-0.1, -0.05) is 48.0 Å². The third kappa shape index (κ3) is 2.48. The Morgan fingerprint density at radius 2 is 1.81 bits per heavy atom. The van der Waals surface area contributed by atoms with Crippen LogP contribution < -0.4 is 5.32 Å². The third-order valence-electron chi connectivity index (χ3n) is 3.95. The average Bonchev–Trinajstić information content (AvgIpc) is 2.82. The molecule has 0 bridgehead atoms. The highest BCUT2D eigenvalue weighted by molar-refractivity contribution is 7.10. The smallest absolute Gasteiger partial charge is 0.0692 e. The Kier molecular flexibility index (Phi) is 4.03. The maximum Gasteiger partial charge on any atom is 0.0692 e. The maximum absolute atomic E-state index is 6.51. The summed E-state index contributed by atoms with van der Waals surface area (Å²) in [6, 6.07) is 13.0. The average molecular weight is 316 g/mol. The fraction of sp³-hybridized carbons (Fsp3) is 0.222. The van der Waals surface area contributed by atoms with Crippen LogP contribution >= 0.6 is 22.9 Å². The van der Waals surface area contributed by atoms with Gasteiger partial charge in [0.15, 0.2) is 0 Å². The van der Waals surface area contributed by atoms with E-state index < -0.39 is 0 Å². The summed E-state index contributed by atoms with van der Waals surface area (Å²) in [4.78, 5) is 1.19. The minimum atomic E-state index is 0.127. The van der Waals surface area contributed by atoms with Crippen LogP contribution in [0.25, 0.3) is 10.8 Å². The van der Waals surface area contributed by atoms with Crippen LogP contribution in [0.1, 0.15) is 27.6 Å². The summed E-state index contributed by atoms with van der Waals surface area (Å²) >= 11 is 8.23. The summed E-state index contributed by atoms with van der Waals surface area (Å²) < 4.78 is 0. The first-order chi connectivity index (χ1) is 10.1. The van der Waals surface area contributed by atoms with Gasteiger partial charge < -0.3 is 5.32 Å². The molecule has 0 amide bonds. The Morgan fingerprint density at radius 1 is 1.05 bits per heavy atom. The molecule has 0 spiro atoms. The van der Waals surface area contributed by atoms with E-state index in [0.717, 1.165) is 10.6 Å². The minimum Gasteiger partial charge on any atom is -0.309 e. The van der Waals surface area contributed by atoms with E-state index in [9.17, 15) is 0 Å². The van der Waals surface area contributed by atoms with Gasteiger partial charge in [0.1, 0.15) is 0 Å². The summed E-state index contributed by atoms with van der Waals surface area (Å²) in [7, 11) is 2.00. The van der Waals surface area contributed by atoms with Crippen LogP contribution in [0.3, 0.4) is 0 Å². The quantitative estimate of drug-likeness (QED) is 0.674. The zero-order chi connectivity index (χ0) is 15.0. The van der Waals surface area contributed by atoms with E-state index in [1.807, 2.05) is 7.05 Å². The number of hydrogen-bond donors (Lipinski definition) is 1. The van der Waals surface area contributed by atoms with Crippen LogP contribution in [-0.4, -0.2) is 7.05 Å². The first-order valence-corrected chi connectivity index (χ1v) is 8.28. The van der Waals surface area contributed by atoms with Gasteiger partial charge in [0.25, 0.3) is 0 Å². The summed E-state index contributed by atoms with van der Waals surface area (Å²) in [5.41, 5.74) is 3.75. The van der Waals surface area contributed by atoms with Crippen molar-refractivity contribution in [3.63, 3.8) is 0 Å². The predicted octanol–water partition coefficient (Wildman–Crippen LogP) is 5.48. The van der Waals surface area contributed by atoms with Crippen molar-refractivity contribution >= 4 is 33.7 Å². The van der Waals surface area contributed by atoms with Crippen LogP contribution in [0.2, 0.25) is 5.02 Å². The lowest BCUT2D eigenvalue weighted by Gasteiger charge is -2.21. The first-order valence-electron chi connectivity index (χ1n) is 7.02. The third-order valence-corrected chi connectivity index (χ3v) is 5.73. The largest absolute Gasteiger partial charge is 0.309 e. The molecule has 21 heavy (non-hydrogen) atoms. The second-order valence-electron chi connectivity index (χ2n) is 5.34. The first kappa shape index (κ1) is 14.6. The van der Waals surface area contributed by atoms with Crippen molar-refractivity contribution in [1.29, 1.82) is 0 Å². The fourth-order valence-corrected chi connectivity index (χ4v) is 4.26. The number of benzene rings is 2. The highest BCUT2D eigenvalue weighted by Crippen LogP contribution is 2.39. The van der Waals surface area contributed by atoms with Crippen LogP contribution in [0.4, 0.5) is 0 Å². The molecule has 0 fully saturated rings. The molecule has 1 heterocycles. The van der Waals surface area contributed by atoms with Crippen LogP contribution in [-0.2, 0) is 0 Å². The molecule has 1 atom stereocenters. The molecule has 0 aliphatic carbocycles. The van der Waals surface area contributed by atoms with Gasteiger partial charge in [-0.15, -0.1) is 11.3 Å². The van der Waals surface area contributed by atoms with E-state index >= 15 is 0 Å². The molecule has 1 nitrogen and oxygen atoms in total. The highest BCUT2D eigenvalue weighted by atomic mass is 35.5. The number of rotatable bonds is 3. The van der Waals surface area contributed by atoms with Gasteiger partial charge in [-0.05, 0) is 53.7 Å². The number of nitrogens with one attached hydrogen (secondary N) is 1. The number of aryl methyl sites for hydroxylation is 2. The van der Waals surface area contributed by atoms with Gasteiger partial charge in [-0.25, -0.2) is 0 Å². The van der Waals surface area contributed by atoms with E-state index in [-0.39, 0.29) is 6.04 Å². The van der Waals surface area contributed by atoms with Crippen molar-refractivity contribution in [2.45, 2.75) is 19.9 Å². The van der Waals surface area contributed by atoms with Crippen molar-refractivity contribution < 1.29 is 0 Å². The molecule has 0 aliphatic rings. The van der Waals surface area contributed by atoms with E-state index in [1.165, 1.54) is 26.8 Å². The number of thiophene rings is 1. The number of fused-ring (bicyclic) bond motifs is 1. The molecular weight excluding hydrogens is 298 g/mol. The summed E-state index contributed by atoms with van der Waals surface area (Å²) in [5.74, 6) is 0. The zero-order valence-electron chi connectivity index (χ0n) is 12.4. The van der Waals surface area contributed by atoms with Crippen molar-refractivity contribution in [1.82, 2.24) is 5.32 Å². The summed E-state index contributed by atoms with van der Waals surface area (Å²) in [6.07, 6.45) is 0. The molecule has 0 saturated heterocycles. The van der Waals surface area contributed by atoms with E-state index in [4.69, 9.17) is 11.6 Å². The van der Waals surface area contributed by atoms with Gasteiger partial charge in [-0.3, -0.25) is 0 Å². The maximum atomic E-state index is 6.51. The Bertz CT molecular complexity index is 791. The summed E-state index contributed by atoms with van der Waals surface area (Å²) in [6.45, 7) is 4.23. The number of hydrogen-bond acceptors (Lipinski definition) is 2. The molecule has 108 valence electrons. The van der Waals surface area contributed by atoms with E-state index in [0.29, 0.717) is 0 Å². The van der Waals surface area contributed by atoms with Crippen LogP contribution in [0.15, 0.2) is 41.8 Å². The standard InChI is InChI=1S/C18H18ClNS/c1-11-8-9-13-6-4-5-7-14(13)15(11)17(20-3)18-16(19)12(2)10-21-18/h4-10,17,20H,1-3H3. The molecule has 2 aromatic carbocycles. The summed E-state index contributed by atoms with van der Waals surface area (Å²) in [5, 5.41) is 9.01. The minimum absolute atomic E-state index is 0.127. The van der Waals surface area contributed by atoms with Gasteiger partial charge in [0.2, 0.25) is 0 Å². The molecule has 3 aromatic rings. The molecule has 1 N–H and O–H groups in total. The Morgan fingerprint density at radius 3 is 2.48 bits per heavy atom. The lowest BCUT2D eigenvalue weighted by atomic mass is 9.93. The van der Waals surface area contributed by atoms with Crippen molar-refractivity contribution in [3.8, 4) is 0 Å². The Labute approximate surface area is 134 Å². The molecule has 1 unspecified atom stereocenters. The molecule has 0 aliphatic heterocycles. The van der Waals surface area contributed by atoms with E-state index in [1.54, 1.807) is 11.3 Å². The second-order valence-corrected chi connectivity index (χ2v) is 6.63. The lowest BCUT2D eigenvalue weighted by molar-refractivity contribution is 0.705. The molecule has 1 aromatic heterocycles. The second kappa shape index (κ2) is 5.80. The lowest BCUT2D eigenvalue weighted by Crippen LogP contribution is -2.18. The molecule has 0 saturated carbocycles.